The van der Waals surface area contributed by atoms with Crippen LogP contribution < -0.4 is 0 Å². The van der Waals surface area contributed by atoms with Crippen molar-refractivity contribution in [2.75, 3.05) is 0 Å². The highest BCUT2D eigenvalue weighted by molar-refractivity contribution is 4.12. The SMILES string of the molecule is [2H]C([3H])(C)CC. The largest absolute Gasteiger partial charge is 0.0654 e. The van der Waals surface area contributed by atoms with Gasteiger partial charge in [0.2, 0.25) is 0 Å². The van der Waals surface area contributed by atoms with Gasteiger partial charge in [-0.25, -0.2) is 0 Å². The van der Waals surface area contributed by atoms with Crippen molar-refractivity contribution in [2.45, 2.75) is 26.6 Å². The smallest absolute Gasteiger partial charge is 0.0264 e. The molecular formula is C4H10. The van der Waals surface area contributed by atoms with E-state index in [0.29, 0.717) is 6.42 Å². The predicted molar refractivity (Wildman–Crippen MR) is 20.6 cm³/mol. The molecule has 0 saturated heterocycles. The number of rotatable bonds is 1. The molecule has 0 heterocycles. The Kier molecular flexibility index (Phi) is 1.08. The molecule has 0 N–H and O–H groups in total. The van der Waals surface area contributed by atoms with E-state index in [0.717, 1.165) is 0 Å². The third kappa shape index (κ3) is 2.00. The predicted octanol–water partition coefficient (Wildman–Crippen LogP) is 1.81. The van der Waals surface area contributed by atoms with Crippen LogP contribution in [0.2, 0.25) is 0 Å². The van der Waals surface area contributed by atoms with Crippen LogP contribution in [0.15, 0.2) is 0 Å². The van der Waals surface area contributed by atoms with Gasteiger partial charge in [-0.15, -0.1) is 0 Å². The molecule has 0 aliphatic rings. The zero-order valence-corrected chi connectivity index (χ0v) is 3.21. The monoisotopic (exact) mass is 61.1 g/mol. The first-order chi connectivity index (χ1) is 2.56. The Morgan fingerprint density at radius 2 is 2.50 bits per heavy atom. The summed E-state index contributed by atoms with van der Waals surface area (Å²) < 4.78 is 13.7. The van der Waals surface area contributed by atoms with Crippen molar-refractivity contribution in [1.29, 1.82) is 0 Å². The van der Waals surface area contributed by atoms with Crippen molar-refractivity contribution in [2.24, 2.45) is 0 Å². The van der Waals surface area contributed by atoms with E-state index in [1.807, 2.05) is 6.92 Å². The molecule has 0 aromatic rings. The molecule has 0 saturated carbocycles. The van der Waals surface area contributed by atoms with Gasteiger partial charge in [-0.2, -0.15) is 0 Å². The summed E-state index contributed by atoms with van der Waals surface area (Å²) in [6.07, 6.45) is -0.354. The second-order valence-electron chi connectivity index (χ2n) is 0.707. The average molecular weight is 61.1 g/mol. The summed E-state index contributed by atoms with van der Waals surface area (Å²) in [5.41, 5.74) is 0. The molecule has 0 heteroatoms. The Morgan fingerprint density at radius 3 is 2.50 bits per heavy atom. The van der Waals surface area contributed by atoms with Gasteiger partial charge >= 0.3 is 0 Å². The molecular weight excluding hydrogens is 48.0 g/mol. The molecule has 0 rings (SSSR count). The van der Waals surface area contributed by atoms with Crippen LogP contribution in [0.4, 0.5) is 0 Å². The highest BCUT2D eigenvalue weighted by Gasteiger charge is 1.56. The van der Waals surface area contributed by atoms with Crippen LogP contribution in [-0.2, 0) is 0 Å². The molecule has 0 bridgehead atoms. The minimum atomic E-state index is -0.958. The molecule has 0 radical (unpaired) electrons. The normalized spacial score (nSPS) is 30.5. The van der Waals surface area contributed by atoms with Gasteiger partial charge in [-0.05, 0) is 0 Å². The fourth-order valence-electron chi connectivity index (χ4n) is 0. The summed E-state index contributed by atoms with van der Waals surface area (Å²) in [7, 11) is 0. The maximum absolute atomic E-state index is 6.85. The lowest BCUT2D eigenvalue weighted by molar-refractivity contribution is 0.886. The lowest BCUT2D eigenvalue weighted by Gasteiger charge is -1.68. The highest BCUT2D eigenvalue weighted by Crippen LogP contribution is 1.76. The maximum Gasteiger partial charge on any atom is 0.0264 e. The lowest BCUT2D eigenvalue weighted by Crippen LogP contribution is -1.47. The van der Waals surface area contributed by atoms with E-state index < -0.39 is 6.37 Å². The van der Waals surface area contributed by atoms with Gasteiger partial charge in [-0.1, -0.05) is 26.6 Å². The van der Waals surface area contributed by atoms with Crippen LogP contribution in [0.3, 0.4) is 0 Å². The summed E-state index contributed by atoms with van der Waals surface area (Å²) in [6.45, 7) is 3.41. The molecule has 0 fully saturated rings. The fourth-order valence-corrected chi connectivity index (χ4v) is 0. The van der Waals surface area contributed by atoms with E-state index in [9.17, 15) is 0 Å². The van der Waals surface area contributed by atoms with Crippen molar-refractivity contribution in [3.8, 4) is 0 Å². The summed E-state index contributed by atoms with van der Waals surface area (Å²) in [4.78, 5) is 0. The third-order valence-corrected chi connectivity index (χ3v) is 0.354. The Labute approximate surface area is 30.6 Å². The highest BCUT2D eigenvalue weighted by atomic mass is 13.6. The minimum Gasteiger partial charge on any atom is -0.0654 e. The molecule has 0 nitrogen and oxygen atoms in total. The van der Waals surface area contributed by atoms with Gasteiger partial charge in [0, 0.05) is 2.74 Å². The second-order valence-corrected chi connectivity index (χ2v) is 0.707. The van der Waals surface area contributed by atoms with E-state index in [1.54, 1.807) is 6.92 Å². The molecule has 0 aromatic carbocycles. The number of hydrogen-bond acceptors (Lipinski definition) is 0. The van der Waals surface area contributed by atoms with Crippen molar-refractivity contribution in [3.05, 3.63) is 0 Å². The van der Waals surface area contributed by atoms with E-state index in [2.05, 4.69) is 0 Å². The first kappa shape index (κ1) is 1.44. The van der Waals surface area contributed by atoms with Crippen LogP contribution in [-0.4, -0.2) is 0 Å². The summed E-state index contributed by atoms with van der Waals surface area (Å²) in [6, 6.07) is 0. The molecule has 1 atom stereocenters. The van der Waals surface area contributed by atoms with Crippen molar-refractivity contribution in [1.82, 2.24) is 0 Å². The number of hydrogen-bond donors (Lipinski definition) is 0. The second kappa shape index (κ2) is 3.00. The maximum atomic E-state index is 6.85. The Morgan fingerprint density at radius 1 is 2.25 bits per heavy atom. The zero-order chi connectivity index (χ0) is 5.21. The van der Waals surface area contributed by atoms with Crippen LogP contribution >= 0.6 is 0 Å². The van der Waals surface area contributed by atoms with E-state index in [1.165, 1.54) is 0 Å². The summed E-state index contributed by atoms with van der Waals surface area (Å²) in [5.74, 6) is 0. The first-order valence-corrected chi connectivity index (χ1v) is 1.56. The Bertz CT molecular complexity index is 35.3. The molecule has 0 aliphatic heterocycles. The van der Waals surface area contributed by atoms with Crippen molar-refractivity contribution < 1.29 is 2.74 Å². The van der Waals surface area contributed by atoms with Crippen LogP contribution in [0, 0.1) is 0 Å². The summed E-state index contributed by atoms with van der Waals surface area (Å²) >= 11 is 0. The molecule has 0 amide bonds. The molecule has 26 valence electrons. The van der Waals surface area contributed by atoms with Crippen LogP contribution in [0.1, 0.15) is 29.4 Å². The molecule has 0 spiro atoms. The van der Waals surface area contributed by atoms with Gasteiger partial charge in [0.05, 0.1) is 0 Å². The van der Waals surface area contributed by atoms with E-state index >= 15 is 0 Å². The van der Waals surface area contributed by atoms with Gasteiger partial charge in [-0.3, -0.25) is 0 Å². The first-order valence-electron chi connectivity index (χ1n) is 2.56. The average Bonchev–Trinajstić information content (AvgIpc) is 1.35. The Balaban J connectivity index is 3.17. The van der Waals surface area contributed by atoms with Crippen LogP contribution in [0.25, 0.3) is 0 Å². The van der Waals surface area contributed by atoms with E-state index in [4.69, 9.17) is 2.74 Å². The minimum absolute atomic E-state index is 0.604. The molecule has 0 aromatic heterocycles. The standard InChI is InChI=1S/C4H10/c1-3-4-2/h3-4H2,1-2H3/i3TD. The van der Waals surface area contributed by atoms with Gasteiger partial charge < -0.3 is 0 Å². The molecule has 1 unspecified atom stereocenters. The lowest BCUT2D eigenvalue weighted by atomic mass is 10.4. The van der Waals surface area contributed by atoms with Crippen LogP contribution in [0.5, 0.6) is 0 Å². The van der Waals surface area contributed by atoms with E-state index in [-0.39, 0.29) is 0 Å². The molecule has 4 heavy (non-hydrogen) atoms. The van der Waals surface area contributed by atoms with Crippen molar-refractivity contribution >= 4 is 0 Å². The zero-order valence-electron chi connectivity index (χ0n) is 5.21. The van der Waals surface area contributed by atoms with Crippen molar-refractivity contribution in [3.63, 3.8) is 0 Å². The summed E-state index contributed by atoms with van der Waals surface area (Å²) in [5, 5.41) is 0. The van der Waals surface area contributed by atoms with Gasteiger partial charge in [0.25, 0.3) is 0 Å². The van der Waals surface area contributed by atoms with Gasteiger partial charge in [0.1, 0.15) is 0 Å². The Hall–Kier alpha value is 0. The fraction of sp³-hybridized carbons (Fsp3) is 1.00. The van der Waals surface area contributed by atoms with Gasteiger partial charge in [0.15, 0.2) is 0 Å². The molecule has 0 aliphatic carbocycles. The third-order valence-electron chi connectivity index (χ3n) is 0.354. The topological polar surface area (TPSA) is 0 Å². The quantitative estimate of drug-likeness (QED) is 0.433.